The summed E-state index contributed by atoms with van der Waals surface area (Å²) in [6, 6.07) is 8.30. The normalized spacial score (nSPS) is 13.8. The highest BCUT2D eigenvalue weighted by atomic mass is 19.4. The van der Waals surface area contributed by atoms with Gasteiger partial charge in [-0.3, -0.25) is 0 Å². The molecule has 98 valence electrons. The van der Waals surface area contributed by atoms with Gasteiger partial charge in [0.2, 0.25) is 0 Å². The quantitative estimate of drug-likeness (QED) is 0.791. The summed E-state index contributed by atoms with van der Waals surface area (Å²) in [7, 11) is 0. The van der Waals surface area contributed by atoms with Crippen molar-refractivity contribution in [2.45, 2.75) is 19.0 Å². The number of rotatable bonds is 0. The highest BCUT2D eigenvalue weighted by molar-refractivity contribution is 5.74. The molecule has 0 saturated carbocycles. The first-order valence-electron chi connectivity index (χ1n) is 5.91. The zero-order valence-corrected chi connectivity index (χ0v) is 9.96. The predicted octanol–water partition coefficient (Wildman–Crippen LogP) is 3.45. The lowest BCUT2D eigenvalue weighted by Crippen LogP contribution is -2.15. The van der Waals surface area contributed by atoms with Crippen molar-refractivity contribution in [1.29, 1.82) is 0 Å². The zero-order chi connectivity index (χ0) is 13.6. The Labute approximate surface area is 108 Å². The van der Waals surface area contributed by atoms with Crippen LogP contribution in [0.4, 0.5) is 18.9 Å². The molecule has 5 heteroatoms. The molecule has 1 aromatic heterocycles. The summed E-state index contributed by atoms with van der Waals surface area (Å²) in [5.41, 5.74) is 7.85. The summed E-state index contributed by atoms with van der Waals surface area (Å²) in [4.78, 5) is 3.78. The molecule has 0 spiro atoms. The highest BCUT2D eigenvalue weighted by Crippen LogP contribution is 2.38. The van der Waals surface area contributed by atoms with E-state index in [0.29, 0.717) is 17.7 Å². The number of benzene rings is 1. The van der Waals surface area contributed by atoms with Gasteiger partial charge in [-0.05, 0) is 24.5 Å². The Morgan fingerprint density at radius 3 is 2.58 bits per heavy atom. The number of nitrogens with two attached hydrogens (primary N) is 1. The van der Waals surface area contributed by atoms with Crippen LogP contribution >= 0.6 is 0 Å². The van der Waals surface area contributed by atoms with Gasteiger partial charge < -0.3 is 5.73 Å². The number of nitrogens with zero attached hydrogens (tertiary/aromatic N) is 1. The Morgan fingerprint density at radius 2 is 1.84 bits per heavy atom. The SMILES string of the molecule is Nc1cc(C(F)(F)F)nc2c1CCc1ccccc1-2. The van der Waals surface area contributed by atoms with E-state index in [9.17, 15) is 13.2 Å². The van der Waals surface area contributed by atoms with Crippen LogP contribution in [0.15, 0.2) is 30.3 Å². The first-order valence-corrected chi connectivity index (χ1v) is 5.91. The van der Waals surface area contributed by atoms with Crippen molar-refractivity contribution in [3.05, 3.63) is 47.2 Å². The molecule has 1 heterocycles. The number of fused-ring (bicyclic) bond motifs is 3. The molecule has 0 bridgehead atoms. The summed E-state index contributed by atoms with van der Waals surface area (Å²) in [5, 5.41) is 0. The summed E-state index contributed by atoms with van der Waals surface area (Å²) < 4.78 is 38.4. The van der Waals surface area contributed by atoms with Gasteiger partial charge in [0.25, 0.3) is 0 Å². The predicted molar refractivity (Wildman–Crippen MR) is 66.5 cm³/mol. The van der Waals surface area contributed by atoms with Crippen molar-refractivity contribution < 1.29 is 13.2 Å². The fourth-order valence-corrected chi connectivity index (χ4v) is 2.45. The average molecular weight is 264 g/mol. The Kier molecular flexibility index (Phi) is 2.52. The number of hydrogen-bond donors (Lipinski definition) is 1. The monoisotopic (exact) mass is 264 g/mol. The number of anilines is 1. The number of aryl methyl sites for hydroxylation is 1. The van der Waals surface area contributed by atoms with E-state index in [4.69, 9.17) is 5.73 Å². The van der Waals surface area contributed by atoms with E-state index in [1.165, 1.54) is 0 Å². The van der Waals surface area contributed by atoms with Crippen LogP contribution < -0.4 is 5.73 Å². The van der Waals surface area contributed by atoms with Crippen LogP contribution in [0.2, 0.25) is 0 Å². The summed E-state index contributed by atoms with van der Waals surface area (Å²) in [6.45, 7) is 0. The second-order valence-electron chi connectivity index (χ2n) is 4.58. The fourth-order valence-electron chi connectivity index (χ4n) is 2.45. The molecule has 0 atom stereocenters. The lowest BCUT2D eigenvalue weighted by atomic mass is 9.88. The van der Waals surface area contributed by atoms with Gasteiger partial charge in [0.05, 0.1) is 5.69 Å². The molecular formula is C14H11F3N2. The molecule has 0 aliphatic heterocycles. The maximum Gasteiger partial charge on any atom is 0.433 e. The molecule has 0 unspecified atom stereocenters. The largest absolute Gasteiger partial charge is 0.433 e. The highest BCUT2D eigenvalue weighted by Gasteiger charge is 2.34. The van der Waals surface area contributed by atoms with Gasteiger partial charge in [0.15, 0.2) is 0 Å². The van der Waals surface area contributed by atoms with E-state index in [1.807, 2.05) is 12.1 Å². The third kappa shape index (κ3) is 1.95. The van der Waals surface area contributed by atoms with Crippen molar-refractivity contribution in [3.8, 4) is 11.3 Å². The Bertz CT molecular complexity index is 648. The van der Waals surface area contributed by atoms with Crippen LogP contribution in [0, 0.1) is 0 Å². The van der Waals surface area contributed by atoms with Crippen LogP contribution in [-0.2, 0) is 19.0 Å². The lowest BCUT2D eigenvalue weighted by Gasteiger charge is -2.21. The third-order valence-electron chi connectivity index (χ3n) is 3.37. The Balaban J connectivity index is 2.26. The summed E-state index contributed by atoms with van der Waals surface area (Å²) >= 11 is 0. The van der Waals surface area contributed by atoms with Gasteiger partial charge in [-0.25, -0.2) is 4.98 Å². The lowest BCUT2D eigenvalue weighted by molar-refractivity contribution is -0.141. The second-order valence-corrected chi connectivity index (χ2v) is 4.58. The standard InChI is InChI=1S/C14H11F3N2/c15-14(16,17)12-7-11(18)10-6-5-8-3-1-2-4-9(8)13(10)19-12/h1-4,7H,5-6H2,(H2,18,19). The maximum atomic E-state index is 12.8. The molecule has 19 heavy (non-hydrogen) atoms. The topological polar surface area (TPSA) is 38.9 Å². The number of alkyl halides is 3. The fraction of sp³-hybridized carbons (Fsp3) is 0.214. The average Bonchev–Trinajstić information content (AvgIpc) is 2.37. The molecule has 1 aliphatic rings. The van der Waals surface area contributed by atoms with E-state index in [-0.39, 0.29) is 5.69 Å². The molecule has 0 amide bonds. The summed E-state index contributed by atoms with van der Waals surface area (Å²) in [6.07, 6.45) is -3.07. The van der Waals surface area contributed by atoms with E-state index >= 15 is 0 Å². The first-order chi connectivity index (χ1) is 8.97. The van der Waals surface area contributed by atoms with Crippen LogP contribution in [0.5, 0.6) is 0 Å². The first kappa shape index (κ1) is 12.0. The van der Waals surface area contributed by atoms with Crippen molar-refractivity contribution in [3.63, 3.8) is 0 Å². The molecule has 3 rings (SSSR count). The van der Waals surface area contributed by atoms with Gasteiger partial charge in [-0.15, -0.1) is 0 Å². The molecular weight excluding hydrogens is 253 g/mol. The molecule has 2 nitrogen and oxygen atoms in total. The van der Waals surface area contributed by atoms with Crippen molar-refractivity contribution in [1.82, 2.24) is 4.98 Å². The number of aromatic nitrogens is 1. The van der Waals surface area contributed by atoms with Gasteiger partial charge >= 0.3 is 6.18 Å². The van der Waals surface area contributed by atoms with E-state index in [2.05, 4.69) is 4.98 Å². The van der Waals surface area contributed by atoms with Gasteiger partial charge in [0, 0.05) is 16.8 Å². The van der Waals surface area contributed by atoms with E-state index < -0.39 is 11.9 Å². The van der Waals surface area contributed by atoms with Crippen molar-refractivity contribution in [2.75, 3.05) is 5.73 Å². The van der Waals surface area contributed by atoms with Gasteiger partial charge in [-0.2, -0.15) is 13.2 Å². The van der Waals surface area contributed by atoms with Crippen LogP contribution in [0.3, 0.4) is 0 Å². The minimum Gasteiger partial charge on any atom is -0.398 e. The minimum atomic E-state index is -4.48. The van der Waals surface area contributed by atoms with E-state index in [0.717, 1.165) is 23.6 Å². The van der Waals surface area contributed by atoms with Gasteiger partial charge in [0.1, 0.15) is 5.69 Å². The second kappa shape index (κ2) is 3.98. The molecule has 2 aromatic rings. The van der Waals surface area contributed by atoms with Crippen LogP contribution in [0.1, 0.15) is 16.8 Å². The molecule has 2 N–H and O–H groups in total. The maximum absolute atomic E-state index is 12.8. The smallest absolute Gasteiger partial charge is 0.398 e. The Hall–Kier alpha value is -2.04. The molecule has 1 aliphatic carbocycles. The molecule has 0 fully saturated rings. The van der Waals surface area contributed by atoms with Crippen LogP contribution in [-0.4, -0.2) is 4.98 Å². The molecule has 0 saturated heterocycles. The number of hydrogen-bond acceptors (Lipinski definition) is 2. The number of halogens is 3. The van der Waals surface area contributed by atoms with E-state index in [1.54, 1.807) is 12.1 Å². The van der Waals surface area contributed by atoms with Crippen LogP contribution in [0.25, 0.3) is 11.3 Å². The minimum absolute atomic E-state index is 0.173. The van der Waals surface area contributed by atoms with Crippen molar-refractivity contribution in [2.24, 2.45) is 0 Å². The zero-order valence-electron chi connectivity index (χ0n) is 9.96. The number of pyridine rings is 1. The van der Waals surface area contributed by atoms with Crippen molar-refractivity contribution >= 4 is 5.69 Å². The third-order valence-corrected chi connectivity index (χ3v) is 3.37. The number of nitrogen functional groups attached to an aromatic ring is 1. The summed E-state index contributed by atoms with van der Waals surface area (Å²) in [5.74, 6) is 0. The molecule has 1 aromatic carbocycles. The van der Waals surface area contributed by atoms with Gasteiger partial charge in [-0.1, -0.05) is 24.3 Å². The molecule has 0 radical (unpaired) electrons. The Morgan fingerprint density at radius 1 is 1.11 bits per heavy atom.